The van der Waals surface area contributed by atoms with Crippen LogP contribution in [-0.4, -0.2) is 12.1 Å². The van der Waals surface area contributed by atoms with Crippen LogP contribution in [0, 0.1) is 46.3 Å². The van der Waals surface area contributed by atoms with E-state index in [4.69, 9.17) is 4.74 Å². The highest BCUT2D eigenvalue weighted by Gasteiger charge is 2.59. The van der Waals surface area contributed by atoms with Gasteiger partial charge in [-0.1, -0.05) is 259 Å². The molecule has 8 atom stereocenters. The smallest absolute Gasteiger partial charge is 0.306 e. The van der Waals surface area contributed by atoms with Gasteiger partial charge in [-0.3, -0.25) is 4.79 Å². The first-order valence-electron chi connectivity index (χ1n) is 29.1. The minimum absolute atomic E-state index is 0.0704. The maximum atomic E-state index is 12.9. The van der Waals surface area contributed by atoms with Gasteiger partial charge in [0.15, 0.2) is 0 Å². The predicted molar refractivity (Wildman–Crippen MR) is 272 cm³/mol. The van der Waals surface area contributed by atoms with Gasteiger partial charge in [0.25, 0.3) is 0 Å². The molecule has 4 rings (SSSR count). The van der Waals surface area contributed by atoms with E-state index in [1.54, 1.807) is 5.57 Å². The monoisotopic (exact) mass is 863 g/mol. The van der Waals surface area contributed by atoms with Crippen molar-refractivity contribution >= 4 is 5.97 Å². The Morgan fingerprint density at radius 1 is 0.565 bits per heavy atom. The molecule has 4 aliphatic carbocycles. The molecule has 0 bridgehead atoms. The molecule has 0 N–H and O–H groups in total. The van der Waals surface area contributed by atoms with Crippen LogP contribution in [0.25, 0.3) is 0 Å². The van der Waals surface area contributed by atoms with Crippen LogP contribution in [0.2, 0.25) is 0 Å². The van der Waals surface area contributed by atoms with Crippen LogP contribution in [-0.2, 0) is 9.53 Å². The molecule has 3 saturated carbocycles. The molecule has 0 radical (unpaired) electrons. The van der Waals surface area contributed by atoms with Crippen LogP contribution in [0.5, 0.6) is 0 Å². The molecule has 0 amide bonds. The minimum Gasteiger partial charge on any atom is -0.462 e. The first kappa shape index (κ1) is 53.8. The van der Waals surface area contributed by atoms with Gasteiger partial charge in [-0.15, -0.1) is 0 Å². The first-order chi connectivity index (χ1) is 30.2. The molecular weight excluding hydrogens is 753 g/mol. The number of fused-ring (bicyclic) bond motifs is 5. The lowest BCUT2D eigenvalue weighted by molar-refractivity contribution is -0.151. The number of esters is 1. The average Bonchev–Trinajstić information content (AvgIpc) is 3.61. The van der Waals surface area contributed by atoms with E-state index in [1.165, 1.54) is 244 Å². The van der Waals surface area contributed by atoms with Crippen LogP contribution in [0.3, 0.4) is 0 Å². The summed E-state index contributed by atoms with van der Waals surface area (Å²) in [6.45, 7) is 15.0. The van der Waals surface area contributed by atoms with Crippen molar-refractivity contribution in [3.63, 3.8) is 0 Å². The fourth-order valence-corrected chi connectivity index (χ4v) is 14.3. The van der Waals surface area contributed by atoms with Crippen molar-refractivity contribution in [2.75, 3.05) is 0 Å². The Kier molecular flexibility index (Phi) is 27.1. The summed E-state index contributed by atoms with van der Waals surface area (Å²) in [5.41, 5.74) is 2.54. The number of allylic oxidation sites excluding steroid dienone is 1. The molecule has 362 valence electrons. The molecule has 0 aliphatic heterocycles. The molecule has 62 heavy (non-hydrogen) atoms. The lowest BCUT2D eigenvalue weighted by Gasteiger charge is -2.58. The van der Waals surface area contributed by atoms with Crippen LogP contribution in [0.4, 0.5) is 0 Å². The largest absolute Gasteiger partial charge is 0.462 e. The zero-order valence-corrected chi connectivity index (χ0v) is 43.1. The van der Waals surface area contributed by atoms with E-state index in [2.05, 4.69) is 47.6 Å². The Bertz CT molecular complexity index is 1170. The highest BCUT2D eigenvalue weighted by atomic mass is 16.5. The first-order valence-corrected chi connectivity index (χ1v) is 29.1. The normalized spacial score (nSPS) is 27.5. The van der Waals surface area contributed by atoms with Gasteiger partial charge in [0.2, 0.25) is 0 Å². The third-order valence-electron chi connectivity index (χ3n) is 18.3. The van der Waals surface area contributed by atoms with Crippen LogP contribution in [0.1, 0.15) is 311 Å². The number of unbranched alkanes of at least 4 members (excludes halogenated alkanes) is 29. The Balaban J connectivity index is 0.903. The molecule has 0 aromatic heterocycles. The third kappa shape index (κ3) is 18.8. The van der Waals surface area contributed by atoms with Crippen LogP contribution >= 0.6 is 0 Å². The lowest BCUT2D eigenvalue weighted by atomic mass is 9.47. The van der Waals surface area contributed by atoms with E-state index in [0.717, 1.165) is 54.8 Å². The Hall–Kier alpha value is -0.790. The van der Waals surface area contributed by atoms with E-state index in [9.17, 15) is 4.79 Å². The van der Waals surface area contributed by atoms with Crippen molar-refractivity contribution in [3.8, 4) is 0 Å². The molecule has 0 saturated heterocycles. The van der Waals surface area contributed by atoms with Crippen molar-refractivity contribution in [3.05, 3.63) is 11.6 Å². The SMILES string of the molecule is CCCCCCCCCCCCCCCCCCCCCCCCCCCCCCCCC(=O)OC1CCC2(C)C(=CCC3C2CCC2(C)C(C(C)CCCC(C)C)CCC32)C1. The van der Waals surface area contributed by atoms with E-state index in [0.29, 0.717) is 17.3 Å². The van der Waals surface area contributed by atoms with E-state index in [1.807, 2.05) is 0 Å². The maximum Gasteiger partial charge on any atom is 0.306 e. The van der Waals surface area contributed by atoms with Gasteiger partial charge < -0.3 is 4.74 Å². The molecule has 0 aromatic carbocycles. The quantitative estimate of drug-likeness (QED) is 0.0353. The summed E-state index contributed by atoms with van der Waals surface area (Å²) in [4.78, 5) is 12.9. The fourth-order valence-electron chi connectivity index (χ4n) is 14.3. The number of carbonyl (C=O) groups is 1. The van der Waals surface area contributed by atoms with Crippen LogP contribution < -0.4 is 0 Å². The van der Waals surface area contributed by atoms with Gasteiger partial charge in [-0.2, -0.15) is 0 Å². The van der Waals surface area contributed by atoms with Gasteiger partial charge in [0, 0.05) is 12.8 Å². The molecular formula is C60H110O2. The highest BCUT2D eigenvalue weighted by Crippen LogP contribution is 2.67. The second-order valence-electron chi connectivity index (χ2n) is 23.6. The fraction of sp³-hybridized carbons (Fsp3) is 0.950. The summed E-state index contributed by atoms with van der Waals surface area (Å²) >= 11 is 0. The summed E-state index contributed by atoms with van der Waals surface area (Å²) < 4.78 is 6.18. The number of rotatable bonds is 37. The number of carbonyl (C=O) groups excluding carboxylic acids is 1. The van der Waals surface area contributed by atoms with E-state index in [-0.39, 0.29) is 12.1 Å². The molecule has 0 spiro atoms. The predicted octanol–water partition coefficient (Wildman–Crippen LogP) is 20.1. The molecule has 4 aliphatic rings. The summed E-state index contributed by atoms with van der Waals surface area (Å²) in [6, 6.07) is 0. The Labute approximate surface area is 389 Å². The molecule has 0 heterocycles. The zero-order valence-electron chi connectivity index (χ0n) is 43.1. The number of hydrogen-bond donors (Lipinski definition) is 0. The Morgan fingerprint density at radius 3 is 1.50 bits per heavy atom. The molecule has 0 aromatic rings. The van der Waals surface area contributed by atoms with Gasteiger partial charge >= 0.3 is 5.97 Å². The maximum absolute atomic E-state index is 12.9. The van der Waals surface area contributed by atoms with Gasteiger partial charge in [-0.25, -0.2) is 0 Å². The number of ether oxygens (including phenoxy) is 1. The highest BCUT2D eigenvalue weighted by molar-refractivity contribution is 5.69. The summed E-state index contributed by atoms with van der Waals surface area (Å²) in [7, 11) is 0. The van der Waals surface area contributed by atoms with Crippen molar-refractivity contribution in [1.82, 2.24) is 0 Å². The second kappa shape index (κ2) is 31.2. The topological polar surface area (TPSA) is 26.3 Å². The lowest BCUT2D eigenvalue weighted by Crippen LogP contribution is -2.51. The minimum atomic E-state index is 0.0704. The summed E-state index contributed by atoms with van der Waals surface area (Å²) in [6.07, 6.45) is 60.7. The second-order valence-corrected chi connectivity index (χ2v) is 23.6. The van der Waals surface area contributed by atoms with Crippen LogP contribution in [0.15, 0.2) is 11.6 Å². The zero-order chi connectivity index (χ0) is 44.3. The van der Waals surface area contributed by atoms with Crippen molar-refractivity contribution < 1.29 is 9.53 Å². The molecule has 2 heteroatoms. The van der Waals surface area contributed by atoms with Gasteiger partial charge in [0.1, 0.15) is 6.10 Å². The van der Waals surface area contributed by atoms with Crippen molar-refractivity contribution in [2.24, 2.45) is 46.3 Å². The molecule has 2 nitrogen and oxygen atoms in total. The average molecular weight is 864 g/mol. The molecule has 8 unspecified atom stereocenters. The number of hydrogen-bond acceptors (Lipinski definition) is 2. The molecule has 3 fully saturated rings. The van der Waals surface area contributed by atoms with Gasteiger partial charge in [0.05, 0.1) is 0 Å². The summed E-state index contributed by atoms with van der Waals surface area (Å²) in [5.74, 6) is 5.34. The van der Waals surface area contributed by atoms with Crippen molar-refractivity contribution in [2.45, 2.75) is 317 Å². The standard InChI is InChI=1S/C60H110O2/c1-7-8-9-10-11-12-13-14-15-16-17-18-19-20-21-22-23-24-25-26-27-28-29-30-31-32-33-34-35-36-40-58(61)62-53-45-47-59(5)52(49-53)41-42-54-56-44-43-55(51(4)39-37-38-50(2)3)60(56,6)48-46-57(54)59/h41,50-51,53-57H,7-40,42-49H2,1-6H3. The van der Waals surface area contributed by atoms with Gasteiger partial charge in [-0.05, 0) is 97.7 Å². The van der Waals surface area contributed by atoms with E-state index < -0.39 is 0 Å². The van der Waals surface area contributed by atoms with Crippen molar-refractivity contribution in [1.29, 1.82) is 0 Å². The summed E-state index contributed by atoms with van der Waals surface area (Å²) in [5, 5.41) is 0. The Morgan fingerprint density at radius 2 is 1.03 bits per heavy atom. The third-order valence-corrected chi connectivity index (χ3v) is 18.3. The van der Waals surface area contributed by atoms with E-state index >= 15 is 0 Å².